The Morgan fingerprint density at radius 3 is 2.71 bits per heavy atom. The molecular formula is C23H26ClFN4O2. The summed E-state index contributed by atoms with van der Waals surface area (Å²) in [4.78, 5) is 12.4. The van der Waals surface area contributed by atoms with E-state index in [9.17, 15) is 9.18 Å². The molecule has 0 saturated heterocycles. The van der Waals surface area contributed by atoms with Gasteiger partial charge in [0, 0.05) is 29.4 Å². The van der Waals surface area contributed by atoms with E-state index in [0.717, 1.165) is 11.1 Å². The predicted molar refractivity (Wildman–Crippen MR) is 118 cm³/mol. The first-order valence-electron chi connectivity index (χ1n) is 10.3. The van der Waals surface area contributed by atoms with E-state index in [4.69, 9.17) is 22.1 Å². The zero-order valence-electron chi connectivity index (χ0n) is 17.4. The smallest absolute Gasteiger partial charge is 0.309 e. The van der Waals surface area contributed by atoms with E-state index in [-0.39, 0.29) is 23.7 Å². The number of nitrogens with zero attached hydrogens (tertiary/aromatic N) is 3. The van der Waals surface area contributed by atoms with Crippen molar-refractivity contribution in [1.29, 1.82) is 0 Å². The summed E-state index contributed by atoms with van der Waals surface area (Å²) in [5.41, 5.74) is 8.58. The topological polar surface area (TPSA) is 83.0 Å². The average Bonchev–Trinajstić information content (AvgIpc) is 3.27. The van der Waals surface area contributed by atoms with Crippen molar-refractivity contribution in [2.75, 3.05) is 6.61 Å². The summed E-state index contributed by atoms with van der Waals surface area (Å²) >= 11 is 5.99. The molecule has 164 valence electrons. The molecule has 2 N–H and O–H groups in total. The predicted octanol–water partition coefficient (Wildman–Crippen LogP) is 4.27. The van der Waals surface area contributed by atoms with Crippen LogP contribution in [0, 0.1) is 11.7 Å². The molecule has 3 aromatic rings. The molecule has 1 aromatic heterocycles. The number of esters is 1. The summed E-state index contributed by atoms with van der Waals surface area (Å²) in [6.07, 6.45) is 5.02. The van der Waals surface area contributed by atoms with Gasteiger partial charge in [0.15, 0.2) is 0 Å². The minimum atomic E-state index is -0.321. The van der Waals surface area contributed by atoms with Gasteiger partial charge in [-0.2, -0.15) is 0 Å². The van der Waals surface area contributed by atoms with E-state index in [1.807, 2.05) is 24.3 Å². The van der Waals surface area contributed by atoms with E-state index in [0.29, 0.717) is 43.0 Å². The van der Waals surface area contributed by atoms with Crippen molar-refractivity contribution in [2.45, 2.75) is 38.8 Å². The molecule has 0 amide bonds. The second kappa shape index (κ2) is 11.0. The van der Waals surface area contributed by atoms with Crippen LogP contribution < -0.4 is 5.73 Å². The Balaban J connectivity index is 1.62. The molecule has 2 atom stereocenters. The maximum Gasteiger partial charge on any atom is 0.309 e. The lowest BCUT2D eigenvalue weighted by molar-refractivity contribution is -0.148. The van der Waals surface area contributed by atoms with Gasteiger partial charge in [-0.3, -0.25) is 9.48 Å². The van der Waals surface area contributed by atoms with Crippen molar-refractivity contribution in [3.63, 3.8) is 0 Å². The molecule has 0 unspecified atom stereocenters. The number of hydrogen-bond acceptors (Lipinski definition) is 5. The van der Waals surface area contributed by atoms with Crippen molar-refractivity contribution >= 4 is 17.6 Å². The van der Waals surface area contributed by atoms with Gasteiger partial charge in [-0.25, -0.2) is 4.39 Å². The maximum atomic E-state index is 14.1. The van der Waals surface area contributed by atoms with Gasteiger partial charge in [-0.1, -0.05) is 41.1 Å². The fraction of sp³-hybridized carbons (Fsp3) is 0.348. The van der Waals surface area contributed by atoms with Crippen LogP contribution in [0.4, 0.5) is 4.39 Å². The second-order valence-corrected chi connectivity index (χ2v) is 7.86. The minimum absolute atomic E-state index is 0.223. The molecule has 0 aliphatic rings. The molecule has 0 aliphatic carbocycles. The first kappa shape index (κ1) is 22.9. The number of rotatable bonds is 10. The summed E-state index contributed by atoms with van der Waals surface area (Å²) in [6, 6.07) is 11.8. The van der Waals surface area contributed by atoms with E-state index in [2.05, 4.69) is 10.3 Å². The van der Waals surface area contributed by atoms with E-state index in [1.54, 1.807) is 30.1 Å². The van der Waals surface area contributed by atoms with Gasteiger partial charge in [-0.05, 0) is 55.5 Å². The summed E-state index contributed by atoms with van der Waals surface area (Å²) in [5.74, 6) is -0.887. The van der Waals surface area contributed by atoms with Crippen LogP contribution >= 0.6 is 11.6 Å². The van der Waals surface area contributed by atoms with Crippen LogP contribution in [0.15, 0.2) is 54.9 Å². The lowest BCUT2D eigenvalue weighted by atomic mass is 9.92. The quantitative estimate of drug-likeness (QED) is 0.472. The lowest BCUT2D eigenvalue weighted by Gasteiger charge is -2.20. The van der Waals surface area contributed by atoms with Crippen LogP contribution in [0.5, 0.6) is 0 Å². The van der Waals surface area contributed by atoms with Crippen molar-refractivity contribution in [2.24, 2.45) is 11.7 Å². The summed E-state index contributed by atoms with van der Waals surface area (Å²) in [7, 11) is 0. The fourth-order valence-electron chi connectivity index (χ4n) is 3.52. The highest BCUT2D eigenvalue weighted by Gasteiger charge is 2.23. The maximum absolute atomic E-state index is 14.1. The number of halogens is 2. The largest absolute Gasteiger partial charge is 0.466 e. The van der Waals surface area contributed by atoms with Gasteiger partial charge in [-0.15, -0.1) is 5.10 Å². The summed E-state index contributed by atoms with van der Waals surface area (Å²) < 4.78 is 21.0. The highest BCUT2D eigenvalue weighted by atomic mass is 35.5. The van der Waals surface area contributed by atoms with Gasteiger partial charge in [0.05, 0.1) is 18.7 Å². The first-order chi connectivity index (χ1) is 15.0. The number of hydrogen-bond donors (Lipinski definition) is 1. The Morgan fingerprint density at radius 2 is 2.03 bits per heavy atom. The third kappa shape index (κ3) is 6.60. The van der Waals surface area contributed by atoms with Crippen LogP contribution in [0.25, 0.3) is 11.1 Å². The van der Waals surface area contributed by atoms with Gasteiger partial charge in [0.1, 0.15) is 5.82 Å². The third-order valence-electron chi connectivity index (χ3n) is 5.08. The van der Waals surface area contributed by atoms with Crippen molar-refractivity contribution in [3.8, 4) is 11.1 Å². The minimum Gasteiger partial charge on any atom is -0.466 e. The number of nitrogens with two attached hydrogens (primary N) is 1. The molecular weight excluding hydrogens is 419 g/mol. The van der Waals surface area contributed by atoms with Crippen molar-refractivity contribution in [3.05, 3.63) is 71.3 Å². The molecule has 1 heterocycles. The van der Waals surface area contributed by atoms with E-state index >= 15 is 0 Å². The van der Waals surface area contributed by atoms with Crippen LogP contribution in [0.2, 0.25) is 5.02 Å². The van der Waals surface area contributed by atoms with Crippen LogP contribution in [0.1, 0.15) is 25.3 Å². The standard InChI is InChI=1S/C23H26ClFN4O2/c1-2-31-23(30)18(9-11-29-12-10-27-28-29)14-20(26)13-16-3-5-17(6-4-16)21-15-19(24)7-8-22(21)25/h3-8,10,12,15,18,20H,2,9,11,13-14,26H2,1H3/t18-,20-/m1/s1. The molecule has 8 heteroatoms. The average molecular weight is 445 g/mol. The summed E-state index contributed by atoms with van der Waals surface area (Å²) in [6.45, 7) is 2.68. The molecule has 3 rings (SSSR count). The van der Waals surface area contributed by atoms with Crippen LogP contribution in [-0.4, -0.2) is 33.6 Å². The molecule has 0 spiro atoms. The molecule has 0 bridgehead atoms. The normalized spacial score (nSPS) is 13.0. The van der Waals surface area contributed by atoms with E-state index < -0.39 is 0 Å². The molecule has 0 radical (unpaired) electrons. The molecule has 0 aliphatic heterocycles. The number of benzene rings is 2. The molecule has 2 aromatic carbocycles. The number of ether oxygens (including phenoxy) is 1. The Bertz CT molecular complexity index is 980. The van der Waals surface area contributed by atoms with Crippen LogP contribution in [0.3, 0.4) is 0 Å². The van der Waals surface area contributed by atoms with Crippen molar-refractivity contribution in [1.82, 2.24) is 15.0 Å². The van der Waals surface area contributed by atoms with E-state index in [1.165, 1.54) is 12.1 Å². The zero-order chi connectivity index (χ0) is 22.2. The Hall–Kier alpha value is -2.77. The zero-order valence-corrected chi connectivity index (χ0v) is 18.1. The Kier molecular flexibility index (Phi) is 8.14. The molecule has 6 nitrogen and oxygen atoms in total. The van der Waals surface area contributed by atoms with Gasteiger partial charge >= 0.3 is 5.97 Å². The molecule has 31 heavy (non-hydrogen) atoms. The number of carbonyl (C=O) groups excluding carboxylic acids is 1. The summed E-state index contributed by atoms with van der Waals surface area (Å²) in [5, 5.41) is 8.20. The van der Waals surface area contributed by atoms with Crippen molar-refractivity contribution < 1.29 is 13.9 Å². The lowest BCUT2D eigenvalue weighted by Crippen LogP contribution is -2.31. The first-order valence-corrected chi connectivity index (χ1v) is 10.6. The number of aryl methyl sites for hydroxylation is 1. The van der Waals surface area contributed by atoms with Crippen LogP contribution in [-0.2, 0) is 22.5 Å². The number of aromatic nitrogens is 3. The highest BCUT2D eigenvalue weighted by Crippen LogP contribution is 2.26. The Labute approximate surface area is 186 Å². The number of carbonyl (C=O) groups is 1. The molecule has 0 fully saturated rings. The van der Waals surface area contributed by atoms with Gasteiger partial charge in [0.25, 0.3) is 0 Å². The fourth-order valence-corrected chi connectivity index (χ4v) is 3.69. The third-order valence-corrected chi connectivity index (χ3v) is 5.31. The second-order valence-electron chi connectivity index (χ2n) is 7.42. The van der Waals surface area contributed by atoms with Gasteiger partial charge in [0.2, 0.25) is 0 Å². The molecule has 0 saturated carbocycles. The van der Waals surface area contributed by atoms with Gasteiger partial charge < -0.3 is 10.5 Å². The monoisotopic (exact) mass is 444 g/mol. The Morgan fingerprint density at radius 1 is 1.26 bits per heavy atom. The SMILES string of the molecule is CCOC(=O)[C@H](CCn1ccnn1)C[C@H](N)Cc1ccc(-c2cc(Cl)ccc2F)cc1. The highest BCUT2D eigenvalue weighted by molar-refractivity contribution is 6.30.